The molecule has 0 saturated heterocycles. The molecule has 0 radical (unpaired) electrons. The molecule has 0 aliphatic heterocycles. The van der Waals surface area contributed by atoms with Gasteiger partial charge in [0.2, 0.25) is 0 Å². The first-order chi connectivity index (χ1) is 10.2. The van der Waals surface area contributed by atoms with Gasteiger partial charge in [-0.1, -0.05) is 35.5 Å². The van der Waals surface area contributed by atoms with E-state index in [1.165, 1.54) is 11.3 Å². The number of halogens is 1. The van der Waals surface area contributed by atoms with E-state index in [9.17, 15) is 4.79 Å². The maximum atomic E-state index is 12.4. The monoisotopic (exact) mass is 336 g/mol. The second-order valence-corrected chi connectivity index (χ2v) is 6.79. The summed E-state index contributed by atoms with van der Waals surface area (Å²) in [5, 5.41) is 3.39. The third kappa shape index (κ3) is 3.00. The van der Waals surface area contributed by atoms with Crippen molar-refractivity contribution in [3.63, 3.8) is 0 Å². The molecule has 6 heteroatoms. The fourth-order valence-electron chi connectivity index (χ4n) is 2.09. The van der Waals surface area contributed by atoms with Crippen LogP contribution < -0.4 is 5.56 Å². The van der Waals surface area contributed by atoms with E-state index in [1.54, 1.807) is 16.3 Å². The van der Waals surface area contributed by atoms with Crippen LogP contribution in [0.15, 0.2) is 45.7 Å². The van der Waals surface area contributed by atoms with E-state index in [4.69, 9.17) is 11.6 Å². The number of hydrogen-bond acceptors (Lipinski definition) is 4. The van der Waals surface area contributed by atoms with Crippen LogP contribution in [0.25, 0.3) is 10.2 Å². The highest BCUT2D eigenvalue weighted by molar-refractivity contribution is 7.98. The van der Waals surface area contributed by atoms with Crippen LogP contribution in [0.3, 0.4) is 0 Å². The third-order valence-electron chi connectivity index (χ3n) is 3.10. The Bertz CT molecular complexity index is 841. The lowest BCUT2D eigenvalue weighted by Gasteiger charge is -2.09. The van der Waals surface area contributed by atoms with Gasteiger partial charge < -0.3 is 0 Å². The average molecular weight is 337 g/mol. The highest BCUT2D eigenvalue weighted by Crippen LogP contribution is 2.24. The normalized spacial score (nSPS) is 11.1. The molecule has 0 unspecified atom stereocenters. The van der Waals surface area contributed by atoms with Crippen LogP contribution in [-0.4, -0.2) is 9.55 Å². The molecule has 2 heterocycles. The van der Waals surface area contributed by atoms with Crippen molar-refractivity contribution in [3.8, 4) is 0 Å². The lowest BCUT2D eigenvalue weighted by molar-refractivity contribution is 0.635. The number of thioether (sulfide) groups is 1. The molecule has 0 aliphatic rings. The van der Waals surface area contributed by atoms with Gasteiger partial charge in [-0.25, -0.2) is 4.98 Å². The van der Waals surface area contributed by atoms with Crippen molar-refractivity contribution in [1.29, 1.82) is 0 Å². The molecular weight excluding hydrogens is 324 g/mol. The quantitative estimate of drug-likeness (QED) is 0.522. The second-order valence-electron chi connectivity index (χ2n) is 4.50. The molecule has 21 heavy (non-hydrogen) atoms. The van der Waals surface area contributed by atoms with Gasteiger partial charge >= 0.3 is 0 Å². The predicted octanol–water partition coefficient (Wildman–Crippen LogP) is 4.42. The van der Waals surface area contributed by atoms with E-state index in [-0.39, 0.29) is 5.56 Å². The number of rotatable bonds is 4. The summed E-state index contributed by atoms with van der Waals surface area (Å²) in [6, 6.07) is 9.64. The van der Waals surface area contributed by atoms with Crippen molar-refractivity contribution >= 4 is 44.9 Å². The minimum absolute atomic E-state index is 0.0473. The van der Waals surface area contributed by atoms with Crippen LogP contribution in [0.4, 0.5) is 0 Å². The Morgan fingerprint density at radius 3 is 3.00 bits per heavy atom. The lowest BCUT2D eigenvalue weighted by Crippen LogP contribution is -2.21. The zero-order valence-corrected chi connectivity index (χ0v) is 13.8. The van der Waals surface area contributed by atoms with Crippen LogP contribution in [0.1, 0.15) is 12.5 Å². The van der Waals surface area contributed by atoms with Gasteiger partial charge in [0, 0.05) is 17.3 Å². The van der Waals surface area contributed by atoms with E-state index >= 15 is 0 Å². The van der Waals surface area contributed by atoms with Crippen molar-refractivity contribution in [2.75, 3.05) is 0 Å². The SMILES string of the molecule is CCn1c(SCc2cccc(Cl)c2)nc2ccsc2c1=O. The molecule has 3 rings (SSSR count). The summed E-state index contributed by atoms with van der Waals surface area (Å²) in [7, 11) is 0. The molecule has 0 amide bonds. The summed E-state index contributed by atoms with van der Waals surface area (Å²) in [5.41, 5.74) is 1.95. The van der Waals surface area contributed by atoms with Gasteiger partial charge in [-0.2, -0.15) is 0 Å². The van der Waals surface area contributed by atoms with Gasteiger partial charge in [-0.3, -0.25) is 9.36 Å². The van der Waals surface area contributed by atoms with Gasteiger partial charge in [0.25, 0.3) is 5.56 Å². The van der Waals surface area contributed by atoms with Crippen molar-refractivity contribution in [2.45, 2.75) is 24.4 Å². The highest BCUT2D eigenvalue weighted by Gasteiger charge is 2.11. The zero-order chi connectivity index (χ0) is 14.8. The molecule has 0 aliphatic carbocycles. The minimum Gasteiger partial charge on any atom is -0.287 e. The molecular formula is C15H13ClN2OS2. The third-order valence-corrected chi connectivity index (χ3v) is 5.28. The molecule has 0 N–H and O–H groups in total. The van der Waals surface area contributed by atoms with Gasteiger partial charge in [0.1, 0.15) is 4.70 Å². The van der Waals surface area contributed by atoms with E-state index in [0.29, 0.717) is 6.54 Å². The first-order valence-corrected chi connectivity index (χ1v) is 8.78. The smallest absolute Gasteiger partial charge is 0.272 e. The highest BCUT2D eigenvalue weighted by atomic mass is 35.5. The summed E-state index contributed by atoms with van der Waals surface area (Å²) in [4.78, 5) is 17.0. The number of benzene rings is 1. The predicted molar refractivity (Wildman–Crippen MR) is 90.6 cm³/mol. The largest absolute Gasteiger partial charge is 0.287 e. The van der Waals surface area contributed by atoms with E-state index in [2.05, 4.69) is 4.98 Å². The zero-order valence-electron chi connectivity index (χ0n) is 11.4. The maximum absolute atomic E-state index is 12.4. The Kier molecular flexibility index (Phi) is 4.33. The van der Waals surface area contributed by atoms with Crippen LogP contribution in [0, 0.1) is 0 Å². The summed E-state index contributed by atoms with van der Waals surface area (Å²) >= 11 is 9.00. The number of hydrogen-bond donors (Lipinski definition) is 0. The van der Waals surface area contributed by atoms with Gasteiger partial charge in [-0.05, 0) is 36.1 Å². The number of aromatic nitrogens is 2. The Morgan fingerprint density at radius 2 is 2.24 bits per heavy atom. The van der Waals surface area contributed by atoms with Crippen molar-refractivity contribution in [1.82, 2.24) is 9.55 Å². The fourth-order valence-corrected chi connectivity index (χ4v) is 4.08. The molecule has 0 fully saturated rings. The van der Waals surface area contributed by atoms with Gasteiger partial charge in [0.15, 0.2) is 5.16 Å². The molecule has 2 aromatic heterocycles. The van der Waals surface area contributed by atoms with Crippen LogP contribution in [0.5, 0.6) is 0 Å². The molecule has 0 spiro atoms. The van der Waals surface area contributed by atoms with E-state index in [1.807, 2.05) is 42.6 Å². The Balaban J connectivity index is 1.94. The summed E-state index contributed by atoms with van der Waals surface area (Å²) in [6.07, 6.45) is 0. The van der Waals surface area contributed by atoms with Crippen LogP contribution in [0.2, 0.25) is 5.02 Å². The topological polar surface area (TPSA) is 34.9 Å². The Labute approximate surface area is 135 Å². The van der Waals surface area contributed by atoms with Crippen molar-refractivity contribution in [3.05, 3.63) is 56.7 Å². The molecule has 0 bridgehead atoms. The number of thiophene rings is 1. The van der Waals surface area contributed by atoms with E-state index < -0.39 is 0 Å². The first kappa shape index (κ1) is 14.6. The van der Waals surface area contributed by atoms with Gasteiger partial charge in [0.05, 0.1) is 5.52 Å². The summed E-state index contributed by atoms with van der Waals surface area (Å²) in [5.74, 6) is 0.739. The van der Waals surface area contributed by atoms with Crippen LogP contribution >= 0.6 is 34.7 Å². The van der Waals surface area contributed by atoms with Crippen molar-refractivity contribution in [2.24, 2.45) is 0 Å². The molecule has 0 atom stereocenters. The van der Waals surface area contributed by atoms with Crippen molar-refractivity contribution < 1.29 is 0 Å². The molecule has 1 aromatic carbocycles. The van der Waals surface area contributed by atoms with Crippen LogP contribution in [-0.2, 0) is 12.3 Å². The molecule has 108 valence electrons. The summed E-state index contributed by atoms with van der Waals surface area (Å²) in [6.45, 7) is 2.59. The Hall–Kier alpha value is -1.30. The average Bonchev–Trinajstić information content (AvgIpc) is 2.94. The maximum Gasteiger partial charge on any atom is 0.272 e. The standard InChI is InChI=1S/C15H13ClN2OS2/c1-2-18-14(19)13-12(6-7-20-13)17-15(18)21-9-10-4-3-5-11(16)8-10/h3-8H,2,9H2,1H3. The molecule has 0 saturated carbocycles. The first-order valence-electron chi connectivity index (χ1n) is 6.54. The number of nitrogens with zero attached hydrogens (tertiary/aromatic N) is 2. The molecule has 3 nitrogen and oxygen atoms in total. The molecule has 3 aromatic rings. The lowest BCUT2D eigenvalue weighted by atomic mass is 10.2. The summed E-state index contributed by atoms with van der Waals surface area (Å²) < 4.78 is 2.46. The van der Waals surface area contributed by atoms with E-state index in [0.717, 1.165) is 31.7 Å². The minimum atomic E-state index is 0.0473. The number of fused-ring (bicyclic) bond motifs is 1. The van der Waals surface area contributed by atoms with Gasteiger partial charge in [-0.15, -0.1) is 11.3 Å². The Morgan fingerprint density at radius 1 is 1.38 bits per heavy atom. The second kappa shape index (κ2) is 6.22. The fraction of sp³-hybridized carbons (Fsp3) is 0.200.